The number of benzene rings is 2. The SMILES string of the molecule is COc1cccc(CNC(=O)CSc2ncc(S(=O)(=O)c3ccccc3)c(N)n2)c1. The Balaban J connectivity index is 1.60. The molecule has 1 amide bonds. The molecular formula is C20H20N4O4S2. The lowest BCUT2D eigenvalue weighted by molar-refractivity contribution is -0.118. The summed E-state index contributed by atoms with van der Waals surface area (Å²) in [5.74, 6) is 0.401. The van der Waals surface area contributed by atoms with Gasteiger partial charge in [-0.2, -0.15) is 0 Å². The predicted octanol–water partition coefficient (Wildman–Crippen LogP) is 2.31. The third-order valence-corrected chi connectivity index (χ3v) is 6.71. The summed E-state index contributed by atoms with van der Waals surface area (Å²) in [5.41, 5.74) is 6.76. The topological polar surface area (TPSA) is 124 Å². The highest BCUT2D eigenvalue weighted by Gasteiger charge is 2.22. The van der Waals surface area contributed by atoms with Crippen LogP contribution in [0.2, 0.25) is 0 Å². The lowest BCUT2D eigenvalue weighted by atomic mass is 10.2. The molecule has 156 valence electrons. The molecule has 0 unspecified atom stereocenters. The highest BCUT2D eigenvalue weighted by Crippen LogP contribution is 2.25. The summed E-state index contributed by atoms with van der Waals surface area (Å²) in [6.07, 6.45) is 1.17. The Kier molecular flexibility index (Phi) is 6.91. The summed E-state index contributed by atoms with van der Waals surface area (Å²) < 4.78 is 30.5. The summed E-state index contributed by atoms with van der Waals surface area (Å²) in [6, 6.07) is 15.3. The van der Waals surface area contributed by atoms with E-state index in [1.807, 2.05) is 24.3 Å². The number of carbonyl (C=O) groups excluding carboxylic acids is 1. The molecule has 30 heavy (non-hydrogen) atoms. The highest BCUT2D eigenvalue weighted by atomic mass is 32.2. The minimum absolute atomic E-state index is 0.0637. The van der Waals surface area contributed by atoms with Gasteiger partial charge in [0.05, 0.1) is 24.0 Å². The van der Waals surface area contributed by atoms with Crippen LogP contribution in [-0.4, -0.2) is 37.2 Å². The summed E-state index contributed by atoms with van der Waals surface area (Å²) in [6.45, 7) is 0.355. The van der Waals surface area contributed by atoms with Gasteiger partial charge in [-0.3, -0.25) is 4.79 Å². The van der Waals surface area contributed by atoms with Gasteiger partial charge in [-0.05, 0) is 29.8 Å². The number of ether oxygens (including phenoxy) is 1. The van der Waals surface area contributed by atoms with E-state index in [-0.39, 0.29) is 32.4 Å². The number of nitrogen functional groups attached to an aromatic ring is 1. The maximum absolute atomic E-state index is 12.7. The molecule has 0 aliphatic heterocycles. The molecule has 0 aliphatic rings. The fourth-order valence-electron chi connectivity index (χ4n) is 2.53. The van der Waals surface area contributed by atoms with Gasteiger partial charge in [0.1, 0.15) is 16.5 Å². The van der Waals surface area contributed by atoms with Crippen molar-refractivity contribution in [2.75, 3.05) is 18.6 Å². The molecule has 0 aliphatic carbocycles. The molecule has 1 aromatic heterocycles. The average molecular weight is 445 g/mol. The molecule has 0 bridgehead atoms. The van der Waals surface area contributed by atoms with E-state index in [4.69, 9.17) is 10.5 Å². The summed E-state index contributed by atoms with van der Waals surface area (Å²) in [7, 11) is -2.23. The van der Waals surface area contributed by atoms with E-state index in [0.717, 1.165) is 17.3 Å². The quantitative estimate of drug-likeness (QED) is 0.401. The van der Waals surface area contributed by atoms with E-state index in [1.165, 1.54) is 18.3 Å². The fourth-order valence-corrected chi connectivity index (χ4v) is 4.47. The minimum atomic E-state index is -3.81. The molecule has 3 N–H and O–H groups in total. The number of sulfone groups is 1. The molecule has 8 nitrogen and oxygen atoms in total. The molecule has 0 fully saturated rings. The van der Waals surface area contributed by atoms with Crippen molar-refractivity contribution in [3.05, 3.63) is 66.4 Å². The Hall–Kier alpha value is -3.11. The van der Waals surface area contributed by atoms with Crippen molar-refractivity contribution in [2.45, 2.75) is 21.5 Å². The smallest absolute Gasteiger partial charge is 0.230 e. The summed E-state index contributed by atoms with van der Waals surface area (Å²) in [4.78, 5) is 20.1. The molecular weight excluding hydrogens is 424 g/mol. The minimum Gasteiger partial charge on any atom is -0.497 e. The van der Waals surface area contributed by atoms with Gasteiger partial charge in [0, 0.05) is 6.54 Å². The van der Waals surface area contributed by atoms with Gasteiger partial charge < -0.3 is 15.8 Å². The Bertz CT molecular complexity index is 1140. The number of rotatable bonds is 8. The van der Waals surface area contributed by atoms with Gasteiger partial charge in [0.2, 0.25) is 15.7 Å². The first-order valence-electron chi connectivity index (χ1n) is 8.85. The van der Waals surface area contributed by atoms with Crippen LogP contribution in [0.15, 0.2) is 75.7 Å². The molecule has 2 aromatic carbocycles. The van der Waals surface area contributed by atoms with E-state index < -0.39 is 9.84 Å². The second-order valence-electron chi connectivity index (χ2n) is 6.14. The maximum Gasteiger partial charge on any atom is 0.230 e. The first kappa shape index (κ1) is 21.6. The van der Waals surface area contributed by atoms with Gasteiger partial charge in [-0.25, -0.2) is 18.4 Å². The van der Waals surface area contributed by atoms with E-state index >= 15 is 0 Å². The Morgan fingerprint density at radius 2 is 1.93 bits per heavy atom. The molecule has 3 rings (SSSR count). The van der Waals surface area contributed by atoms with Gasteiger partial charge in [0.15, 0.2) is 5.16 Å². The molecule has 3 aromatic rings. The van der Waals surface area contributed by atoms with Crippen molar-refractivity contribution in [3.63, 3.8) is 0 Å². The second kappa shape index (κ2) is 9.59. The van der Waals surface area contributed by atoms with Crippen LogP contribution in [0.5, 0.6) is 5.75 Å². The zero-order valence-electron chi connectivity index (χ0n) is 16.1. The number of methoxy groups -OCH3 is 1. The van der Waals surface area contributed by atoms with Gasteiger partial charge in [0.25, 0.3) is 0 Å². The number of amides is 1. The van der Waals surface area contributed by atoms with Crippen LogP contribution in [0.3, 0.4) is 0 Å². The first-order valence-corrected chi connectivity index (χ1v) is 11.3. The standard InChI is InChI=1S/C20H20N4O4S2/c1-28-15-7-5-6-14(10-15)11-22-18(25)13-29-20-23-12-17(19(21)24-20)30(26,27)16-8-3-2-4-9-16/h2-10,12H,11,13H2,1H3,(H,22,25)(H2,21,23,24). The van der Waals surface area contributed by atoms with Crippen molar-refractivity contribution < 1.29 is 17.9 Å². The largest absolute Gasteiger partial charge is 0.497 e. The van der Waals surface area contributed by atoms with Crippen molar-refractivity contribution in [3.8, 4) is 5.75 Å². The number of hydrogen-bond donors (Lipinski definition) is 2. The Labute approximate surface area is 178 Å². The third-order valence-electron chi connectivity index (χ3n) is 4.06. The summed E-state index contributed by atoms with van der Waals surface area (Å²) >= 11 is 1.07. The van der Waals surface area contributed by atoms with Crippen LogP contribution in [0, 0.1) is 0 Å². The molecule has 0 radical (unpaired) electrons. The van der Waals surface area contributed by atoms with Crippen molar-refractivity contribution in [2.24, 2.45) is 0 Å². The highest BCUT2D eigenvalue weighted by molar-refractivity contribution is 7.99. The van der Waals surface area contributed by atoms with Crippen LogP contribution in [-0.2, 0) is 21.2 Å². The van der Waals surface area contributed by atoms with Crippen molar-refractivity contribution >= 4 is 33.3 Å². The molecule has 1 heterocycles. The van der Waals surface area contributed by atoms with Crippen LogP contribution in [0.25, 0.3) is 0 Å². The number of aromatic nitrogens is 2. The number of thioether (sulfide) groups is 1. The number of anilines is 1. The second-order valence-corrected chi connectivity index (χ2v) is 9.00. The van der Waals surface area contributed by atoms with Crippen molar-refractivity contribution in [1.82, 2.24) is 15.3 Å². The van der Waals surface area contributed by atoms with Crippen LogP contribution >= 0.6 is 11.8 Å². The third kappa shape index (κ3) is 5.28. The van der Waals surface area contributed by atoms with E-state index in [9.17, 15) is 13.2 Å². The number of nitrogens with two attached hydrogens (primary N) is 1. The lowest BCUT2D eigenvalue weighted by Gasteiger charge is -2.08. The Morgan fingerprint density at radius 3 is 2.63 bits per heavy atom. The lowest BCUT2D eigenvalue weighted by Crippen LogP contribution is -2.24. The van der Waals surface area contributed by atoms with E-state index in [2.05, 4.69) is 15.3 Å². The van der Waals surface area contributed by atoms with Gasteiger partial charge in [-0.1, -0.05) is 42.1 Å². The fraction of sp³-hybridized carbons (Fsp3) is 0.150. The van der Waals surface area contributed by atoms with Gasteiger partial charge >= 0.3 is 0 Å². The molecule has 10 heteroatoms. The molecule has 0 spiro atoms. The number of hydrogen-bond acceptors (Lipinski definition) is 8. The molecule has 0 saturated carbocycles. The maximum atomic E-state index is 12.7. The number of nitrogens with one attached hydrogen (secondary N) is 1. The predicted molar refractivity (Wildman–Crippen MR) is 114 cm³/mol. The summed E-state index contributed by atoms with van der Waals surface area (Å²) in [5, 5.41) is 3.01. The number of carbonyl (C=O) groups is 1. The van der Waals surface area contributed by atoms with Crippen LogP contribution < -0.4 is 15.8 Å². The molecule has 0 saturated heterocycles. The van der Waals surface area contributed by atoms with Crippen LogP contribution in [0.4, 0.5) is 5.82 Å². The molecule has 0 atom stereocenters. The zero-order valence-corrected chi connectivity index (χ0v) is 17.7. The first-order chi connectivity index (χ1) is 14.4. The monoisotopic (exact) mass is 444 g/mol. The van der Waals surface area contributed by atoms with E-state index in [1.54, 1.807) is 25.3 Å². The van der Waals surface area contributed by atoms with Crippen LogP contribution in [0.1, 0.15) is 5.56 Å². The number of nitrogens with zero attached hydrogens (tertiary/aromatic N) is 2. The van der Waals surface area contributed by atoms with Crippen molar-refractivity contribution in [1.29, 1.82) is 0 Å². The zero-order chi connectivity index (χ0) is 21.6. The van der Waals surface area contributed by atoms with Gasteiger partial charge in [-0.15, -0.1) is 0 Å². The average Bonchev–Trinajstić information content (AvgIpc) is 2.77. The Morgan fingerprint density at radius 1 is 1.17 bits per heavy atom. The normalized spacial score (nSPS) is 11.1. The van der Waals surface area contributed by atoms with E-state index in [0.29, 0.717) is 12.3 Å².